The van der Waals surface area contributed by atoms with Crippen molar-refractivity contribution >= 4 is 50.9 Å². The normalized spacial score (nSPS) is 15.5. The second-order valence-corrected chi connectivity index (χ2v) is 13.5. The van der Waals surface area contributed by atoms with Gasteiger partial charge in [0.1, 0.15) is 0 Å². The molecule has 2 fully saturated rings. The molecule has 1 aromatic heterocycles. The maximum absolute atomic E-state index is 12.7. The van der Waals surface area contributed by atoms with Crippen LogP contribution >= 0.6 is 11.3 Å². The molecule has 2 saturated heterocycles. The molecule has 254 valence electrons. The van der Waals surface area contributed by atoms with E-state index in [1.807, 2.05) is 71.3 Å². The monoisotopic (exact) mass is 665 g/mol. The van der Waals surface area contributed by atoms with Gasteiger partial charge in [0, 0.05) is 49.4 Å². The molecule has 0 radical (unpaired) electrons. The number of piperidine rings is 2. The van der Waals surface area contributed by atoms with Crippen molar-refractivity contribution < 1.29 is 29.6 Å². The number of carbonyl (C=O) groups excluding carboxylic acids is 4. The number of amides is 5. The van der Waals surface area contributed by atoms with Gasteiger partial charge in [-0.3, -0.25) is 24.8 Å². The van der Waals surface area contributed by atoms with Gasteiger partial charge in [0.2, 0.25) is 11.8 Å². The fourth-order valence-corrected chi connectivity index (χ4v) is 7.25. The number of fused-ring (bicyclic) bond motifs is 1. The average molecular weight is 666 g/mol. The number of anilines is 1. The zero-order valence-corrected chi connectivity index (χ0v) is 27.9. The fourth-order valence-electron chi connectivity index (χ4n) is 6.21. The highest BCUT2D eigenvalue weighted by atomic mass is 32.1. The first-order valence-electron chi connectivity index (χ1n) is 16.5. The first kappa shape index (κ1) is 35.8. The quantitative estimate of drug-likeness (QED) is 0.126. The number of hydrogen-bond acceptors (Lipinski definition) is 7. The Hall–Kier alpha value is -4.00. The summed E-state index contributed by atoms with van der Waals surface area (Å²) in [5, 5.41) is 21.0. The number of rotatable bonds is 10. The van der Waals surface area contributed by atoms with Crippen LogP contribution in [0.3, 0.4) is 0 Å². The van der Waals surface area contributed by atoms with Crippen molar-refractivity contribution in [3.63, 3.8) is 0 Å². The Balaban J connectivity index is 0.000000213. The first-order chi connectivity index (χ1) is 22.8. The lowest BCUT2D eigenvalue weighted by Gasteiger charge is -2.32. The van der Waals surface area contributed by atoms with Crippen LogP contribution in [-0.4, -0.2) is 70.1 Å². The predicted octanol–water partition coefficient (Wildman–Crippen LogP) is 6.34. The smallest absolute Gasteiger partial charge is 0.321 e. The maximum Gasteiger partial charge on any atom is 0.321 e. The lowest BCUT2D eigenvalue weighted by atomic mass is 9.91. The topological polar surface area (TPSA) is 151 Å². The number of hydroxylamine groups is 2. The Labute approximate surface area is 280 Å². The van der Waals surface area contributed by atoms with Crippen LogP contribution in [0.5, 0.6) is 0 Å². The third-order valence-corrected chi connectivity index (χ3v) is 10.2. The molecule has 11 nitrogen and oxygen atoms in total. The Morgan fingerprint density at radius 2 is 1.30 bits per heavy atom. The van der Waals surface area contributed by atoms with E-state index in [0.29, 0.717) is 24.7 Å². The molecule has 0 bridgehead atoms. The molecule has 5 amide bonds. The molecule has 3 heterocycles. The second kappa shape index (κ2) is 18.4. The van der Waals surface area contributed by atoms with Gasteiger partial charge in [0.05, 0.1) is 4.88 Å². The van der Waals surface area contributed by atoms with Gasteiger partial charge >= 0.3 is 6.03 Å². The summed E-state index contributed by atoms with van der Waals surface area (Å²) in [6, 6.07) is 17.8. The molecule has 0 aliphatic carbocycles. The summed E-state index contributed by atoms with van der Waals surface area (Å²) in [4.78, 5) is 51.6. The third-order valence-electron chi connectivity index (χ3n) is 9.11. The number of aryl methyl sites for hydroxylation is 1. The van der Waals surface area contributed by atoms with Crippen molar-refractivity contribution in [3.05, 3.63) is 65.0 Å². The molecule has 2 aliphatic heterocycles. The number of benzene rings is 2. The van der Waals surface area contributed by atoms with Gasteiger partial charge in [-0.1, -0.05) is 36.4 Å². The summed E-state index contributed by atoms with van der Waals surface area (Å²) in [7, 11) is 0. The Morgan fingerprint density at radius 3 is 1.85 bits per heavy atom. The number of thiophene rings is 1. The van der Waals surface area contributed by atoms with Gasteiger partial charge in [0.25, 0.3) is 5.91 Å². The van der Waals surface area contributed by atoms with Crippen LogP contribution in [0.15, 0.2) is 54.6 Å². The van der Waals surface area contributed by atoms with Crippen molar-refractivity contribution in [2.24, 2.45) is 11.8 Å². The van der Waals surface area contributed by atoms with E-state index in [1.165, 1.54) is 0 Å². The Bertz CT molecular complexity index is 1450. The number of urea groups is 1. The molecule has 0 saturated carbocycles. The van der Waals surface area contributed by atoms with E-state index in [2.05, 4.69) is 5.32 Å². The predicted molar refractivity (Wildman–Crippen MR) is 183 cm³/mol. The minimum absolute atomic E-state index is 0.0441. The SMILES string of the molecule is Cc1ccccc1NC(=O)N1CCC(CCCC(=O)NO)CC1.O=C(CCCC1CCN(C(=O)c2cc3ccccc3s2)CC1)NO. The van der Waals surface area contributed by atoms with Gasteiger partial charge in [-0.25, -0.2) is 15.8 Å². The largest absolute Gasteiger partial charge is 0.338 e. The highest BCUT2D eigenvalue weighted by Gasteiger charge is 2.25. The van der Waals surface area contributed by atoms with Gasteiger partial charge in [-0.2, -0.15) is 0 Å². The van der Waals surface area contributed by atoms with E-state index >= 15 is 0 Å². The van der Waals surface area contributed by atoms with Crippen molar-refractivity contribution in [1.29, 1.82) is 0 Å². The zero-order valence-electron chi connectivity index (χ0n) is 27.1. The molecule has 47 heavy (non-hydrogen) atoms. The van der Waals surface area contributed by atoms with E-state index < -0.39 is 0 Å². The van der Waals surface area contributed by atoms with Crippen LogP contribution in [-0.2, 0) is 9.59 Å². The fraction of sp³-hybridized carbons (Fsp3) is 0.486. The summed E-state index contributed by atoms with van der Waals surface area (Å²) in [6.07, 6.45) is 8.08. The van der Waals surface area contributed by atoms with Crippen molar-refractivity contribution in [3.8, 4) is 0 Å². The second-order valence-electron chi connectivity index (χ2n) is 12.4. The first-order valence-corrected chi connectivity index (χ1v) is 17.3. The van der Waals surface area contributed by atoms with Crippen LogP contribution in [0.1, 0.15) is 79.4 Å². The van der Waals surface area contributed by atoms with Gasteiger partial charge in [-0.15, -0.1) is 11.3 Å². The molecule has 0 spiro atoms. The van der Waals surface area contributed by atoms with Gasteiger partial charge in [-0.05, 0) is 99.3 Å². The summed E-state index contributed by atoms with van der Waals surface area (Å²) in [6.45, 7) is 5.03. The minimum Gasteiger partial charge on any atom is -0.338 e. The molecule has 12 heteroatoms. The molecular formula is C35H47N5O6S. The van der Waals surface area contributed by atoms with Crippen LogP contribution < -0.4 is 16.3 Å². The molecule has 3 aromatic rings. The molecule has 2 aromatic carbocycles. The van der Waals surface area contributed by atoms with Gasteiger partial charge < -0.3 is 15.1 Å². The number of likely N-dealkylation sites (tertiary alicyclic amines) is 2. The number of nitrogens with zero attached hydrogens (tertiary/aromatic N) is 2. The van der Waals surface area contributed by atoms with Crippen LogP contribution in [0, 0.1) is 18.8 Å². The lowest BCUT2D eigenvalue weighted by molar-refractivity contribution is -0.130. The van der Waals surface area contributed by atoms with Crippen molar-refractivity contribution in [1.82, 2.24) is 20.8 Å². The van der Waals surface area contributed by atoms with E-state index in [-0.39, 0.29) is 23.8 Å². The minimum atomic E-state index is -0.333. The number of carbonyl (C=O) groups is 4. The highest BCUT2D eigenvalue weighted by Crippen LogP contribution is 2.29. The van der Waals surface area contributed by atoms with E-state index in [1.54, 1.807) is 22.3 Å². The van der Waals surface area contributed by atoms with Crippen LogP contribution in [0.25, 0.3) is 10.1 Å². The summed E-state index contributed by atoms with van der Waals surface area (Å²) >= 11 is 1.56. The number of hydrogen-bond donors (Lipinski definition) is 5. The zero-order chi connectivity index (χ0) is 33.6. The summed E-state index contributed by atoms with van der Waals surface area (Å²) < 4.78 is 1.15. The average Bonchev–Trinajstić information content (AvgIpc) is 3.54. The lowest BCUT2D eigenvalue weighted by Crippen LogP contribution is -2.41. The number of para-hydroxylation sites is 1. The van der Waals surface area contributed by atoms with E-state index in [0.717, 1.165) is 104 Å². The molecular weight excluding hydrogens is 618 g/mol. The standard InChI is InChI=1S/C18H22N2O3S.C17H25N3O3/c21-17(19-23)7-3-4-13-8-10-20(11-9-13)18(22)16-12-14-5-1-2-6-15(14)24-16;1-13-5-2-3-7-15(13)18-17(22)20-11-9-14(10-12-20)6-4-8-16(21)19-23/h1-2,5-6,12-13,23H,3-4,7-11H2,(H,19,21);2-3,5,7,14,23H,4,6,8-12H2,1H3,(H,18,22)(H,19,21). The summed E-state index contributed by atoms with van der Waals surface area (Å²) in [5.74, 6) is 0.577. The summed E-state index contributed by atoms with van der Waals surface area (Å²) in [5.41, 5.74) is 5.23. The Kier molecular flexibility index (Phi) is 14.0. The number of nitrogens with one attached hydrogen (secondary N) is 3. The highest BCUT2D eigenvalue weighted by molar-refractivity contribution is 7.20. The molecule has 5 rings (SSSR count). The molecule has 2 aliphatic rings. The molecule has 0 unspecified atom stereocenters. The van der Waals surface area contributed by atoms with Crippen LogP contribution in [0.4, 0.5) is 10.5 Å². The maximum atomic E-state index is 12.7. The van der Waals surface area contributed by atoms with Crippen molar-refractivity contribution in [2.75, 3.05) is 31.5 Å². The molecule has 5 N–H and O–H groups in total. The third kappa shape index (κ3) is 11.0. The van der Waals surface area contributed by atoms with E-state index in [9.17, 15) is 19.2 Å². The Morgan fingerprint density at radius 1 is 0.766 bits per heavy atom. The molecule has 0 atom stereocenters. The van der Waals surface area contributed by atoms with E-state index in [4.69, 9.17) is 10.4 Å². The van der Waals surface area contributed by atoms with Gasteiger partial charge in [0.15, 0.2) is 0 Å². The van der Waals surface area contributed by atoms with Crippen LogP contribution in [0.2, 0.25) is 0 Å². The van der Waals surface area contributed by atoms with Crippen molar-refractivity contribution in [2.45, 2.75) is 71.1 Å².